The number of hydrogen-bond acceptors (Lipinski definition) is 2. The smallest absolute Gasteiger partial charge is 0.135 e. The zero-order valence-corrected chi connectivity index (χ0v) is 32.6. The van der Waals surface area contributed by atoms with E-state index >= 15 is 0 Å². The molecule has 0 saturated carbocycles. The van der Waals surface area contributed by atoms with Crippen molar-refractivity contribution in [3.05, 3.63) is 216 Å². The lowest BCUT2D eigenvalue weighted by molar-refractivity contribution is 0.487. The van der Waals surface area contributed by atoms with E-state index in [0.717, 1.165) is 17.1 Å². The van der Waals surface area contributed by atoms with Crippen molar-refractivity contribution in [2.75, 3.05) is 0 Å². The fourth-order valence-electron chi connectivity index (χ4n) is 11.0. The first-order valence-corrected chi connectivity index (χ1v) is 21.2. The molecule has 0 saturated heterocycles. The van der Waals surface area contributed by atoms with Gasteiger partial charge in [0.2, 0.25) is 0 Å². The lowest BCUT2D eigenvalue weighted by Gasteiger charge is -2.31. The largest absolute Gasteiger partial charge is 0.456 e. The van der Waals surface area contributed by atoms with Gasteiger partial charge in [0.25, 0.3) is 0 Å². The van der Waals surface area contributed by atoms with Crippen LogP contribution in [0.2, 0.25) is 0 Å². The Morgan fingerprint density at radius 1 is 0.339 bits per heavy atom. The van der Waals surface area contributed by atoms with E-state index in [1.165, 1.54) is 114 Å². The minimum atomic E-state index is -0.422. The predicted octanol–water partition coefficient (Wildman–Crippen LogP) is 15.8. The molecule has 2 aliphatic carbocycles. The summed E-state index contributed by atoms with van der Waals surface area (Å²) in [5.41, 5.74) is 17.5. The van der Waals surface area contributed by atoms with E-state index < -0.39 is 5.41 Å². The topological polar surface area (TPSA) is 9.23 Å². The Kier molecular flexibility index (Phi) is 6.16. The molecule has 59 heavy (non-hydrogen) atoms. The highest BCUT2D eigenvalue weighted by Gasteiger charge is 2.52. The molecule has 0 fully saturated rings. The Labute approximate surface area is 345 Å². The lowest BCUT2D eigenvalue weighted by atomic mass is 9.70. The van der Waals surface area contributed by atoms with Gasteiger partial charge in [-0.25, -0.2) is 0 Å². The van der Waals surface area contributed by atoms with Crippen molar-refractivity contribution in [2.24, 2.45) is 0 Å². The van der Waals surface area contributed by atoms with Gasteiger partial charge in [0.05, 0.1) is 5.41 Å². The van der Waals surface area contributed by atoms with Crippen LogP contribution in [0.1, 0.15) is 22.3 Å². The first kappa shape index (κ1) is 31.8. The molecule has 14 rings (SSSR count). The van der Waals surface area contributed by atoms with E-state index in [2.05, 4.69) is 194 Å². The normalized spacial score (nSPS) is 15.3. The fraction of sp³-hybridized carbons (Fsp3) is 0.0175. The minimum absolute atomic E-state index is 0.422. The van der Waals surface area contributed by atoms with Gasteiger partial charge >= 0.3 is 0 Å². The summed E-state index contributed by atoms with van der Waals surface area (Å²) < 4.78 is 9.40. The monoisotopic (exact) mass is 764 g/mol. The summed E-state index contributed by atoms with van der Waals surface area (Å²) in [4.78, 5) is 0. The molecule has 0 amide bonds. The molecule has 11 aromatic rings. The van der Waals surface area contributed by atoms with Crippen LogP contribution in [0, 0.1) is 0 Å². The average molecular weight is 765 g/mol. The fourth-order valence-corrected chi connectivity index (χ4v) is 12.1. The van der Waals surface area contributed by atoms with Gasteiger partial charge in [-0.1, -0.05) is 152 Å². The zero-order valence-electron chi connectivity index (χ0n) is 31.8. The Morgan fingerprint density at radius 2 is 1.00 bits per heavy atom. The van der Waals surface area contributed by atoms with Crippen LogP contribution in [-0.4, -0.2) is 0 Å². The Bertz CT molecular complexity index is 3660. The highest BCUT2D eigenvalue weighted by Crippen LogP contribution is 2.64. The Morgan fingerprint density at radius 3 is 1.93 bits per heavy atom. The Hall–Kier alpha value is -7.26. The Balaban J connectivity index is 0.950. The molecular weight excluding hydrogens is 733 g/mol. The number of benzene rings is 10. The highest BCUT2D eigenvalue weighted by molar-refractivity contribution is 7.25. The third-order valence-corrected chi connectivity index (χ3v) is 14.6. The summed E-state index contributed by atoms with van der Waals surface area (Å²) >= 11 is 1.86. The number of thiophene rings is 1. The van der Waals surface area contributed by atoms with Gasteiger partial charge in [0, 0.05) is 31.1 Å². The van der Waals surface area contributed by atoms with Gasteiger partial charge in [-0.2, -0.15) is 0 Å². The number of hydrogen-bond donors (Lipinski definition) is 0. The summed E-state index contributed by atoms with van der Waals surface area (Å²) in [5, 5.41) is 7.59. The molecule has 1 unspecified atom stereocenters. The van der Waals surface area contributed by atoms with Crippen molar-refractivity contribution in [2.45, 2.75) is 5.41 Å². The molecule has 0 bridgehead atoms. The van der Waals surface area contributed by atoms with Crippen molar-refractivity contribution in [3.8, 4) is 67.1 Å². The van der Waals surface area contributed by atoms with Crippen molar-refractivity contribution in [1.29, 1.82) is 0 Å². The van der Waals surface area contributed by atoms with Crippen LogP contribution in [0.25, 0.3) is 97.4 Å². The van der Waals surface area contributed by atoms with Gasteiger partial charge in [-0.15, -0.1) is 11.3 Å². The second-order valence-electron chi connectivity index (χ2n) is 16.3. The van der Waals surface area contributed by atoms with Crippen LogP contribution in [0.4, 0.5) is 0 Å². The number of rotatable bonds is 2. The minimum Gasteiger partial charge on any atom is -0.456 e. The molecule has 1 spiro atoms. The van der Waals surface area contributed by atoms with Gasteiger partial charge in [0.15, 0.2) is 0 Å². The second-order valence-corrected chi connectivity index (χ2v) is 17.4. The quantitative estimate of drug-likeness (QED) is 0.170. The van der Waals surface area contributed by atoms with Crippen molar-refractivity contribution in [1.82, 2.24) is 0 Å². The van der Waals surface area contributed by atoms with Gasteiger partial charge in [0.1, 0.15) is 11.5 Å². The van der Waals surface area contributed by atoms with E-state index in [-0.39, 0.29) is 0 Å². The summed E-state index contributed by atoms with van der Waals surface area (Å²) in [6.45, 7) is 0. The van der Waals surface area contributed by atoms with E-state index in [0.29, 0.717) is 0 Å². The second kappa shape index (κ2) is 11.4. The maximum atomic E-state index is 6.75. The standard InChI is InChI=1S/C57H32OS/c1-2-11-38-33(10-1)21-26-49-55(38)44-14-4-7-18-48(44)57(49)47-17-6-3-12-39(47)40-24-20-35(32-50(40)57)34-22-27-51-45(30-34)43-16-9-15-42-37(25-28-52(58-51)56(42)43)36-23-29-54-46(31-36)41-13-5-8-19-53(41)59-54/h1-32H. The lowest BCUT2D eigenvalue weighted by Crippen LogP contribution is -2.25. The molecule has 2 heterocycles. The van der Waals surface area contributed by atoms with E-state index in [1.807, 2.05) is 11.3 Å². The molecule has 1 atom stereocenters. The summed E-state index contributed by atoms with van der Waals surface area (Å²) in [5.74, 6) is 1.80. The van der Waals surface area contributed by atoms with Crippen LogP contribution in [-0.2, 0) is 5.41 Å². The molecule has 272 valence electrons. The summed E-state index contributed by atoms with van der Waals surface area (Å²) in [6, 6.07) is 72.5. The molecular formula is C57H32OS. The van der Waals surface area contributed by atoms with Crippen LogP contribution in [0.3, 0.4) is 0 Å². The highest BCUT2D eigenvalue weighted by atomic mass is 32.1. The summed E-state index contributed by atoms with van der Waals surface area (Å²) in [7, 11) is 0. The molecule has 1 nitrogen and oxygen atoms in total. The van der Waals surface area contributed by atoms with Crippen molar-refractivity contribution >= 4 is 53.1 Å². The maximum Gasteiger partial charge on any atom is 0.135 e. The maximum absolute atomic E-state index is 6.75. The molecule has 0 N–H and O–H groups in total. The molecule has 3 aliphatic rings. The van der Waals surface area contributed by atoms with Gasteiger partial charge < -0.3 is 4.74 Å². The third kappa shape index (κ3) is 4.09. The van der Waals surface area contributed by atoms with Gasteiger partial charge in [-0.3, -0.25) is 0 Å². The van der Waals surface area contributed by atoms with E-state index in [9.17, 15) is 0 Å². The average Bonchev–Trinajstić information content (AvgIpc) is 3.93. The van der Waals surface area contributed by atoms with Crippen LogP contribution >= 0.6 is 11.3 Å². The first-order chi connectivity index (χ1) is 29.2. The van der Waals surface area contributed by atoms with E-state index in [4.69, 9.17) is 4.74 Å². The van der Waals surface area contributed by atoms with Crippen molar-refractivity contribution in [3.63, 3.8) is 0 Å². The van der Waals surface area contributed by atoms with Crippen LogP contribution in [0.5, 0.6) is 11.5 Å². The summed E-state index contributed by atoms with van der Waals surface area (Å²) in [6.07, 6.45) is 0. The SMILES string of the molecule is c1ccc2c(c1)-c1ccc(-c3ccc4c(c3)-c3cccc5c(-c6ccc7sc8ccccc8c7c6)ccc(c35)O4)cc1C21c2ccccc2-c2c1ccc1ccccc21. The molecule has 1 aliphatic heterocycles. The zero-order chi connectivity index (χ0) is 38.4. The van der Waals surface area contributed by atoms with Crippen molar-refractivity contribution < 1.29 is 4.74 Å². The molecule has 2 heteroatoms. The van der Waals surface area contributed by atoms with Gasteiger partial charge in [-0.05, 0) is 131 Å². The molecule has 1 aromatic heterocycles. The third-order valence-electron chi connectivity index (χ3n) is 13.5. The molecule has 10 aromatic carbocycles. The first-order valence-electron chi connectivity index (χ1n) is 20.4. The predicted molar refractivity (Wildman–Crippen MR) is 247 cm³/mol. The van der Waals surface area contributed by atoms with Crippen LogP contribution in [0.15, 0.2) is 194 Å². The number of ether oxygens (including phenoxy) is 1. The number of fused-ring (bicyclic) bond motifs is 17. The molecule has 0 radical (unpaired) electrons. The van der Waals surface area contributed by atoms with E-state index in [1.54, 1.807) is 0 Å². The van der Waals surface area contributed by atoms with Crippen LogP contribution < -0.4 is 4.74 Å².